The molecule has 2 fully saturated rings. The van der Waals surface area contributed by atoms with E-state index >= 15 is 0 Å². The van der Waals surface area contributed by atoms with Gasteiger partial charge in [-0.2, -0.15) is 26.3 Å². The van der Waals surface area contributed by atoms with Gasteiger partial charge in [0.05, 0.1) is 11.1 Å². The van der Waals surface area contributed by atoms with Gasteiger partial charge in [0, 0.05) is 26.1 Å². The fraction of sp³-hybridized carbons (Fsp3) is 0.605. The topological polar surface area (TPSA) is 32.3 Å². The number of hydrogen-bond acceptors (Lipinski definition) is 2. The van der Waals surface area contributed by atoms with E-state index in [1.807, 2.05) is 0 Å². The maximum Gasteiger partial charge on any atom is 0.416 e. The number of rotatable bonds is 12. The number of carbonyl (C=O) groups is 1. The lowest BCUT2D eigenvalue weighted by atomic mass is 9.85. The molecule has 1 heterocycles. The Morgan fingerprint density at radius 3 is 2.13 bits per heavy atom. The second-order valence-corrected chi connectivity index (χ2v) is 13.4. The summed E-state index contributed by atoms with van der Waals surface area (Å²) < 4.78 is 74.9. The standard InChI is InChI=1S/C27H43N.C11H9F6NO/c1-3-4-5-6-7-9-14-25-16-18-27(21-25)28-20-19-26(23(2)22-28)17-15-24-12-10-8-11-13-24;1-6(19)18-5-7-2-8(10(12,13)14)4-9(3-7)11(15,16)17/h8,10-13,15,17,23,25-27H,3-7,9,14,16,18-22H2,1-2H3;2-4H,5H2,1H3,(H,18,19)/b17-15-;. The first-order valence-electron chi connectivity index (χ1n) is 17.3. The molecular formula is C38H52F6N2O. The lowest BCUT2D eigenvalue weighted by Gasteiger charge is -2.39. The molecule has 1 saturated heterocycles. The molecule has 0 spiro atoms. The number of benzene rings is 2. The Morgan fingerprint density at radius 2 is 1.53 bits per heavy atom. The summed E-state index contributed by atoms with van der Waals surface area (Å²) in [4.78, 5) is 13.5. The molecule has 1 aliphatic carbocycles. The van der Waals surface area contributed by atoms with Crippen LogP contribution in [0.1, 0.15) is 114 Å². The molecule has 0 aromatic heterocycles. The minimum atomic E-state index is -4.88. The van der Waals surface area contributed by atoms with E-state index < -0.39 is 35.9 Å². The second kappa shape index (κ2) is 18.7. The summed E-state index contributed by atoms with van der Waals surface area (Å²) in [6, 6.07) is 12.8. The van der Waals surface area contributed by atoms with Crippen molar-refractivity contribution in [1.82, 2.24) is 10.2 Å². The Morgan fingerprint density at radius 1 is 0.894 bits per heavy atom. The van der Waals surface area contributed by atoms with Gasteiger partial charge in [-0.1, -0.05) is 101 Å². The van der Waals surface area contributed by atoms with Crippen LogP contribution in [0.4, 0.5) is 26.3 Å². The molecular weight excluding hydrogens is 614 g/mol. The van der Waals surface area contributed by atoms with Crippen LogP contribution in [0.2, 0.25) is 0 Å². The van der Waals surface area contributed by atoms with Crippen LogP contribution in [-0.4, -0.2) is 29.9 Å². The van der Waals surface area contributed by atoms with E-state index in [4.69, 9.17) is 0 Å². The highest BCUT2D eigenvalue weighted by molar-refractivity contribution is 5.72. The van der Waals surface area contributed by atoms with E-state index in [1.165, 1.54) is 89.3 Å². The van der Waals surface area contributed by atoms with Crippen LogP contribution in [-0.2, 0) is 23.7 Å². The molecule has 1 aliphatic heterocycles. The van der Waals surface area contributed by atoms with Crippen molar-refractivity contribution in [3.8, 4) is 0 Å². The molecule has 4 unspecified atom stereocenters. The number of amides is 1. The zero-order valence-corrected chi connectivity index (χ0v) is 28.1. The Labute approximate surface area is 277 Å². The number of halogens is 6. The molecule has 1 amide bonds. The van der Waals surface area contributed by atoms with E-state index in [-0.39, 0.29) is 11.6 Å². The SMILES string of the molecule is CC(=O)NCc1cc(C(F)(F)F)cc(C(F)(F)F)c1.CCCCCCCCC1CCC(N2CCC(/C=C\c3ccccc3)C(C)C2)C1. The number of unbranched alkanes of at least 4 members (excludes halogenated alkanes) is 5. The predicted molar refractivity (Wildman–Crippen MR) is 177 cm³/mol. The van der Waals surface area contributed by atoms with Crippen LogP contribution in [0.5, 0.6) is 0 Å². The Balaban J connectivity index is 0.000000277. The smallest absolute Gasteiger partial charge is 0.352 e. The van der Waals surface area contributed by atoms with Gasteiger partial charge in [0.1, 0.15) is 0 Å². The zero-order valence-electron chi connectivity index (χ0n) is 28.1. The van der Waals surface area contributed by atoms with Crippen molar-refractivity contribution in [2.45, 2.75) is 116 Å². The molecule has 9 heteroatoms. The van der Waals surface area contributed by atoms with Crippen LogP contribution < -0.4 is 5.32 Å². The molecule has 262 valence electrons. The van der Waals surface area contributed by atoms with Crippen molar-refractivity contribution in [3.63, 3.8) is 0 Å². The third-order valence-corrected chi connectivity index (χ3v) is 9.52. The van der Waals surface area contributed by atoms with Crippen molar-refractivity contribution in [1.29, 1.82) is 0 Å². The second-order valence-electron chi connectivity index (χ2n) is 13.4. The molecule has 4 rings (SSSR count). The fourth-order valence-corrected chi connectivity index (χ4v) is 6.82. The molecule has 47 heavy (non-hydrogen) atoms. The number of piperidine rings is 1. The average Bonchev–Trinajstić information content (AvgIpc) is 3.50. The van der Waals surface area contributed by atoms with Crippen LogP contribution in [0.25, 0.3) is 6.08 Å². The quantitative estimate of drug-likeness (QED) is 0.181. The third kappa shape index (κ3) is 13.7. The summed E-state index contributed by atoms with van der Waals surface area (Å²) in [5.74, 6) is 2.00. The Hall–Kier alpha value is -2.81. The number of nitrogens with one attached hydrogen (secondary N) is 1. The van der Waals surface area contributed by atoms with Gasteiger partial charge in [-0.3, -0.25) is 4.79 Å². The van der Waals surface area contributed by atoms with Gasteiger partial charge in [0.25, 0.3) is 0 Å². The number of carbonyl (C=O) groups excluding carboxylic acids is 1. The highest BCUT2D eigenvalue weighted by atomic mass is 19.4. The van der Waals surface area contributed by atoms with Crippen molar-refractivity contribution >= 4 is 12.0 Å². The van der Waals surface area contributed by atoms with Crippen LogP contribution >= 0.6 is 0 Å². The van der Waals surface area contributed by atoms with Gasteiger partial charge in [-0.15, -0.1) is 0 Å². The Bertz CT molecular complexity index is 1210. The van der Waals surface area contributed by atoms with Gasteiger partial charge in [-0.25, -0.2) is 0 Å². The zero-order chi connectivity index (χ0) is 34.5. The normalized spacial score (nSPS) is 22.2. The van der Waals surface area contributed by atoms with E-state index in [0.29, 0.717) is 12.1 Å². The van der Waals surface area contributed by atoms with E-state index in [9.17, 15) is 31.1 Å². The van der Waals surface area contributed by atoms with Gasteiger partial charge in [-0.05, 0) is 79.3 Å². The molecule has 2 aromatic carbocycles. The van der Waals surface area contributed by atoms with Crippen molar-refractivity contribution < 1.29 is 31.1 Å². The minimum Gasteiger partial charge on any atom is -0.352 e. The molecule has 1 saturated carbocycles. The molecule has 0 radical (unpaired) electrons. The number of alkyl halides is 6. The summed E-state index contributed by atoms with van der Waals surface area (Å²) >= 11 is 0. The number of nitrogens with zero attached hydrogens (tertiary/aromatic N) is 1. The number of allylic oxidation sites excluding steroid dienone is 1. The largest absolute Gasteiger partial charge is 0.416 e. The lowest BCUT2D eigenvalue weighted by Crippen LogP contribution is -2.44. The first-order chi connectivity index (χ1) is 22.3. The molecule has 3 nitrogen and oxygen atoms in total. The maximum atomic E-state index is 12.5. The molecule has 2 aromatic rings. The highest BCUT2D eigenvalue weighted by Crippen LogP contribution is 2.37. The van der Waals surface area contributed by atoms with Crippen LogP contribution in [0.3, 0.4) is 0 Å². The summed E-state index contributed by atoms with van der Waals surface area (Å²) in [6.07, 6.45) is 11.0. The lowest BCUT2D eigenvalue weighted by molar-refractivity contribution is -0.143. The molecule has 0 bridgehead atoms. The predicted octanol–water partition coefficient (Wildman–Crippen LogP) is 10.9. The van der Waals surface area contributed by atoms with Gasteiger partial charge in [0.2, 0.25) is 5.91 Å². The van der Waals surface area contributed by atoms with E-state index in [2.05, 4.69) is 66.5 Å². The van der Waals surface area contributed by atoms with Crippen LogP contribution in [0, 0.1) is 17.8 Å². The molecule has 1 N–H and O–H groups in total. The van der Waals surface area contributed by atoms with Gasteiger partial charge < -0.3 is 10.2 Å². The summed E-state index contributed by atoms with van der Waals surface area (Å²) in [7, 11) is 0. The summed E-state index contributed by atoms with van der Waals surface area (Å²) in [5.41, 5.74) is -1.73. The van der Waals surface area contributed by atoms with E-state index in [0.717, 1.165) is 30.7 Å². The van der Waals surface area contributed by atoms with Crippen LogP contribution in [0.15, 0.2) is 54.6 Å². The first-order valence-corrected chi connectivity index (χ1v) is 17.3. The summed E-state index contributed by atoms with van der Waals surface area (Å²) in [5, 5.41) is 2.15. The van der Waals surface area contributed by atoms with Crippen molar-refractivity contribution in [2.24, 2.45) is 17.8 Å². The monoisotopic (exact) mass is 666 g/mol. The Kier molecular flexibility index (Phi) is 15.3. The molecule has 2 aliphatic rings. The fourth-order valence-electron chi connectivity index (χ4n) is 6.82. The number of hydrogen-bond donors (Lipinski definition) is 1. The van der Waals surface area contributed by atoms with Crippen molar-refractivity contribution in [2.75, 3.05) is 13.1 Å². The highest BCUT2D eigenvalue weighted by Gasteiger charge is 2.37. The van der Waals surface area contributed by atoms with Gasteiger partial charge in [0.15, 0.2) is 0 Å². The first kappa shape index (κ1) is 38.6. The number of likely N-dealkylation sites (tertiary alicyclic amines) is 1. The van der Waals surface area contributed by atoms with Crippen molar-refractivity contribution in [3.05, 3.63) is 76.9 Å². The average molecular weight is 667 g/mol. The third-order valence-electron chi connectivity index (χ3n) is 9.52. The van der Waals surface area contributed by atoms with Gasteiger partial charge >= 0.3 is 12.4 Å². The molecule has 4 atom stereocenters. The minimum absolute atomic E-state index is 0.0390. The van der Waals surface area contributed by atoms with E-state index in [1.54, 1.807) is 0 Å². The maximum absolute atomic E-state index is 12.5. The summed E-state index contributed by atoms with van der Waals surface area (Å²) in [6.45, 7) is 8.10.